The van der Waals surface area contributed by atoms with Gasteiger partial charge in [-0.3, -0.25) is 4.79 Å². The molecule has 4 heteroatoms. The number of rotatable bonds is 4. The van der Waals surface area contributed by atoms with Crippen molar-refractivity contribution < 1.29 is 4.79 Å². The normalized spacial score (nSPS) is 18.9. The van der Waals surface area contributed by atoms with Crippen LogP contribution in [0.2, 0.25) is 0 Å². The van der Waals surface area contributed by atoms with Gasteiger partial charge in [0.15, 0.2) is 0 Å². The summed E-state index contributed by atoms with van der Waals surface area (Å²) in [6, 6.07) is 8.21. The van der Waals surface area contributed by atoms with Gasteiger partial charge in [-0.05, 0) is 38.3 Å². The van der Waals surface area contributed by atoms with E-state index in [1.54, 1.807) is 11.8 Å². The maximum atomic E-state index is 12.6. The number of carbonyl (C=O) groups excluding carboxylic acids is 1. The molecule has 98 valence electrons. The number of amides is 1. The van der Waals surface area contributed by atoms with Crippen LogP contribution in [0.5, 0.6) is 0 Å². The lowest BCUT2D eigenvalue weighted by molar-refractivity contribution is 0.0700. The van der Waals surface area contributed by atoms with Crippen molar-refractivity contribution in [1.82, 2.24) is 10.2 Å². The van der Waals surface area contributed by atoms with Gasteiger partial charge in [0.05, 0.1) is 5.56 Å². The fourth-order valence-corrected chi connectivity index (χ4v) is 3.04. The van der Waals surface area contributed by atoms with Gasteiger partial charge in [0.1, 0.15) is 0 Å². The number of nitrogens with one attached hydrogen (secondary N) is 1. The topological polar surface area (TPSA) is 32.3 Å². The van der Waals surface area contributed by atoms with E-state index < -0.39 is 0 Å². The molecule has 2 rings (SSSR count). The highest BCUT2D eigenvalue weighted by Gasteiger charge is 2.26. The van der Waals surface area contributed by atoms with Gasteiger partial charge < -0.3 is 10.2 Å². The molecule has 1 aromatic carbocycles. The Balaban J connectivity index is 2.22. The molecule has 1 atom stereocenters. The molecule has 0 bridgehead atoms. The summed E-state index contributed by atoms with van der Waals surface area (Å²) in [7, 11) is 0. The van der Waals surface area contributed by atoms with Gasteiger partial charge in [0.2, 0.25) is 0 Å². The number of hydrogen-bond donors (Lipinski definition) is 1. The van der Waals surface area contributed by atoms with Crippen LogP contribution < -0.4 is 5.32 Å². The smallest absolute Gasteiger partial charge is 0.255 e. The summed E-state index contributed by atoms with van der Waals surface area (Å²) in [6.45, 7) is 4.76. The van der Waals surface area contributed by atoms with Crippen molar-refractivity contribution in [3.8, 4) is 0 Å². The summed E-state index contributed by atoms with van der Waals surface area (Å²) in [4.78, 5) is 15.7. The SMILES string of the molecule is CCN(C(=O)c1ccccc1SC)C1CCNC1. The summed E-state index contributed by atoms with van der Waals surface area (Å²) in [6.07, 6.45) is 3.07. The Bertz CT molecular complexity index is 416. The molecular formula is C14H20N2OS. The van der Waals surface area contributed by atoms with Crippen LogP contribution in [-0.4, -0.2) is 42.7 Å². The number of benzene rings is 1. The first-order valence-electron chi connectivity index (χ1n) is 6.42. The second-order valence-corrected chi connectivity index (χ2v) is 5.29. The van der Waals surface area contributed by atoms with Crippen LogP contribution in [0.1, 0.15) is 23.7 Å². The molecule has 0 aliphatic carbocycles. The molecule has 0 aromatic heterocycles. The number of hydrogen-bond acceptors (Lipinski definition) is 3. The lowest BCUT2D eigenvalue weighted by Crippen LogP contribution is -2.41. The minimum Gasteiger partial charge on any atom is -0.335 e. The Morgan fingerprint density at radius 1 is 1.50 bits per heavy atom. The number of thioether (sulfide) groups is 1. The molecule has 0 spiro atoms. The predicted octanol–water partition coefficient (Wildman–Crippen LogP) is 2.23. The van der Waals surface area contributed by atoms with Crippen LogP contribution in [0, 0.1) is 0 Å². The molecule has 3 nitrogen and oxygen atoms in total. The van der Waals surface area contributed by atoms with E-state index >= 15 is 0 Å². The fourth-order valence-electron chi connectivity index (χ4n) is 2.45. The second kappa shape index (κ2) is 6.25. The largest absolute Gasteiger partial charge is 0.335 e. The highest BCUT2D eigenvalue weighted by atomic mass is 32.2. The third-order valence-electron chi connectivity index (χ3n) is 3.41. The van der Waals surface area contributed by atoms with Crippen molar-refractivity contribution in [1.29, 1.82) is 0 Å². The molecule has 1 N–H and O–H groups in total. The van der Waals surface area contributed by atoms with Gasteiger partial charge in [0, 0.05) is 24.0 Å². The van der Waals surface area contributed by atoms with Gasteiger partial charge in [-0.25, -0.2) is 0 Å². The van der Waals surface area contributed by atoms with E-state index in [2.05, 4.69) is 12.2 Å². The standard InChI is InChI=1S/C14H20N2OS/c1-3-16(11-8-9-15-10-11)14(17)12-6-4-5-7-13(12)18-2/h4-7,11,15H,3,8-10H2,1-2H3. The van der Waals surface area contributed by atoms with Crippen molar-refractivity contribution in [2.75, 3.05) is 25.9 Å². The zero-order chi connectivity index (χ0) is 13.0. The molecule has 1 unspecified atom stereocenters. The summed E-state index contributed by atoms with van der Waals surface area (Å²) >= 11 is 1.63. The molecular weight excluding hydrogens is 244 g/mol. The zero-order valence-corrected chi connectivity index (χ0v) is 11.8. The average Bonchev–Trinajstić information content (AvgIpc) is 2.93. The summed E-state index contributed by atoms with van der Waals surface area (Å²) < 4.78 is 0. The van der Waals surface area contributed by atoms with E-state index in [0.29, 0.717) is 6.04 Å². The molecule has 1 aromatic rings. The van der Waals surface area contributed by atoms with Crippen molar-refractivity contribution >= 4 is 17.7 Å². The number of carbonyl (C=O) groups is 1. The third-order valence-corrected chi connectivity index (χ3v) is 4.21. The monoisotopic (exact) mass is 264 g/mol. The van der Waals surface area contributed by atoms with Crippen molar-refractivity contribution in [2.45, 2.75) is 24.3 Å². The highest BCUT2D eigenvalue weighted by molar-refractivity contribution is 7.98. The highest BCUT2D eigenvalue weighted by Crippen LogP contribution is 2.23. The van der Waals surface area contributed by atoms with Crippen LogP contribution in [0.25, 0.3) is 0 Å². The molecule has 1 fully saturated rings. The zero-order valence-electron chi connectivity index (χ0n) is 11.0. The van der Waals surface area contributed by atoms with E-state index in [0.717, 1.165) is 36.5 Å². The van der Waals surface area contributed by atoms with E-state index in [9.17, 15) is 4.79 Å². The lowest BCUT2D eigenvalue weighted by Gasteiger charge is -2.27. The first kappa shape index (κ1) is 13.4. The Kier molecular flexibility index (Phi) is 4.66. The molecule has 0 radical (unpaired) electrons. The van der Waals surface area contributed by atoms with Gasteiger partial charge in [-0.1, -0.05) is 12.1 Å². The molecule has 1 heterocycles. The Morgan fingerprint density at radius 2 is 2.28 bits per heavy atom. The summed E-state index contributed by atoms with van der Waals surface area (Å²) in [5.74, 6) is 0.163. The molecule has 1 aliphatic rings. The van der Waals surface area contributed by atoms with Crippen LogP contribution >= 0.6 is 11.8 Å². The van der Waals surface area contributed by atoms with E-state index in [1.807, 2.05) is 35.4 Å². The molecule has 1 amide bonds. The van der Waals surface area contributed by atoms with Gasteiger partial charge in [-0.15, -0.1) is 11.8 Å². The third kappa shape index (κ3) is 2.70. The number of likely N-dealkylation sites (N-methyl/N-ethyl adjacent to an activating group) is 1. The van der Waals surface area contributed by atoms with Gasteiger partial charge in [0.25, 0.3) is 5.91 Å². The predicted molar refractivity (Wildman–Crippen MR) is 76.2 cm³/mol. The fraction of sp³-hybridized carbons (Fsp3) is 0.500. The number of nitrogens with zero attached hydrogens (tertiary/aromatic N) is 1. The van der Waals surface area contributed by atoms with Crippen molar-refractivity contribution in [3.05, 3.63) is 29.8 Å². The summed E-state index contributed by atoms with van der Waals surface area (Å²) in [5.41, 5.74) is 0.832. The molecule has 18 heavy (non-hydrogen) atoms. The average molecular weight is 264 g/mol. The van der Waals surface area contributed by atoms with Crippen LogP contribution in [-0.2, 0) is 0 Å². The van der Waals surface area contributed by atoms with Gasteiger partial charge >= 0.3 is 0 Å². The summed E-state index contributed by atoms with van der Waals surface area (Å²) in [5, 5.41) is 3.32. The van der Waals surface area contributed by atoms with Crippen molar-refractivity contribution in [3.63, 3.8) is 0 Å². The first-order valence-corrected chi connectivity index (χ1v) is 7.65. The Hall–Kier alpha value is -1.00. The van der Waals surface area contributed by atoms with Crippen LogP contribution in [0.15, 0.2) is 29.2 Å². The van der Waals surface area contributed by atoms with E-state index in [-0.39, 0.29) is 5.91 Å². The van der Waals surface area contributed by atoms with E-state index in [1.165, 1.54) is 0 Å². The van der Waals surface area contributed by atoms with Gasteiger partial charge in [-0.2, -0.15) is 0 Å². The molecule has 1 aliphatic heterocycles. The van der Waals surface area contributed by atoms with E-state index in [4.69, 9.17) is 0 Å². The molecule has 0 saturated carbocycles. The molecule has 1 saturated heterocycles. The Morgan fingerprint density at radius 3 is 2.89 bits per heavy atom. The maximum absolute atomic E-state index is 12.6. The lowest BCUT2D eigenvalue weighted by atomic mass is 10.1. The minimum absolute atomic E-state index is 0.163. The first-order chi connectivity index (χ1) is 8.77. The Labute approximate surface area is 113 Å². The quantitative estimate of drug-likeness (QED) is 0.846. The second-order valence-electron chi connectivity index (χ2n) is 4.44. The van der Waals surface area contributed by atoms with Crippen LogP contribution in [0.3, 0.4) is 0 Å². The minimum atomic E-state index is 0.163. The maximum Gasteiger partial charge on any atom is 0.255 e. The van der Waals surface area contributed by atoms with Crippen LogP contribution in [0.4, 0.5) is 0 Å². The van der Waals surface area contributed by atoms with Crippen molar-refractivity contribution in [2.24, 2.45) is 0 Å².